The number of carbonyl (C=O) groups excluding carboxylic acids is 1. The van der Waals surface area contributed by atoms with Gasteiger partial charge in [0, 0.05) is 29.2 Å². The van der Waals surface area contributed by atoms with Crippen LogP contribution >= 0.6 is 15.9 Å². The Balaban J connectivity index is 1.70. The fourth-order valence-corrected chi connectivity index (χ4v) is 2.47. The van der Waals surface area contributed by atoms with Crippen LogP contribution in [-0.2, 0) is 6.54 Å². The number of carbonyl (C=O) groups is 1. The standard InChI is InChI=1S/C17H14BrN3O2/c1-21(10-12-2-8-15(18)9-3-12)17(22)14-6-4-13(5-7-14)16-20-19-11-23-16/h2-9,11H,10H2,1H3. The Bertz CT molecular complexity index is 784. The smallest absolute Gasteiger partial charge is 0.253 e. The van der Waals surface area contributed by atoms with E-state index in [1.165, 1.54) is 6.39 Å². The van der Waals surface area contributed by atoms with Gasteiger partial charge in [-0.05, 0) is 42.0 Å². The van der Waals surface area contributed by atoms with Crippen molar-refractivity contribution in [3.63, 3.8) is 0 Å². The highest BCUT2D eigenvalue weighted by Crippen LogP contribution is 2.18. The van der Waals surface area contributed by atoms with Crippen LogP contribution in [0.5, 0.6) is 0 Å². The van der Waals surface area contributed by atoms with Crippen LogP contribution in [-0.4, -0.2) is 28.1 Å². The zero-order valence-electron chi connectivity index (χ0n) is 12.4. The van der Waals surface area contributed by atoms with E-state index in [9.17, 15) is 4.79 Å². The Hall–Kier alpha value is -2.47. The van der Waals surface area contributed by atoms with Crippen LogP contribution in [0.4, 0.5) is 0 Å². The van der Waals surface area contributed by atoms with Crippen molar-refractivity contribution in [2.24, 2.45) is 0 Å². The normalized spacial score (nSPS) is 10.5. The van der Waals surface area contributed by atoms with E-state index < -0.39 is 0 Å². The van der Waals surface area contributed by atoms with Crippen molar-refractivity contribution in [1.82, 2.24) is 15.1 Å². The highest BCUT2D eigenvalue weighted by molar-refractivity contribution is 9.10. The van der Waals surface area contributed by atoms with Gasteiger partial charge >= 0.3 is 0 Å². The Morgan fingerprint density at radius 1 is 1.13 bits per heavy atom. The molecule has 5 nitrogen and oxygen atoms in total. The molecule has 0 fully saturated rings. The number of rotatable bonds is 4. The van der Waals surface area contributed by atoms with Gasteiger partial charge in [-0.3, -0.25) is 4.79 Å². The van der Waals surface area contributed by atoms with Crippen molar-refractivity contribution in [3.8, 4) is 11.5 Å². The molecule has 0 bridgehead atoms. The molecule has 0 spiro atoms. The number of nitrogens with zero attached hydrogens (tertiary/aromatic N) is 3. The van der Waals surface area contributed by atoms with Crippen molar-refractivity contribution in [2.45, 2.75) is 6.54 Å². The van der Waals surface area contributed by atoms with Gasteiger partial charge in [-0.15, -0.1) is 10.2 Å². The molecule has 0 N–H and O–H groups in total. The summed E-state index contributed by atoms with van der Waals surface area (Å²) in [5.74, 6) is 0.400. The lowest BCUT2D eigenvalue weighted by atomic mass is 10.1. The number of hydrogen-bond donors (Lipinski definition) is 0. The molecule has 0 radical (unpaired) electrons. The summed E-state index contributed by atoms with van der Waals surface area (Å²) in [5, 5.41) is 7.49. The van der Waals surface area contributed by atoms with Crippen molar-refractivity contribution in [2.75, 3.05) is 7.05 Å². The second-order valence-corrected chi connectivity index (χ2v) is 6.02. The van der Waals surface area contributed by atoms with Crippen LogP contribution in [0.15, 0.2) is 63.8 Å². The molecule has 0 aliphatic carbocycles. The lowest BCUT2D eigenvalue weighted by molar-refractivity contribution is 0.0785. The van der Waals surface area contributed by atoms with Gasteiger partial charge < -0.3 is 9.32 Å². The molecule has 116 valence electrons. The molecule has 1 amide bonds. The SMILES string of the molecule is CN(Cc1ccc(Br)cc1)C(=O)c1ccc(-c2nnco2)cc1. The van der Waals surface area contributed by atoms with Crippen LogP contribution in [0, 0.1) is 0 Å². The zero-order chi connectivity index (χ0) is 16.2. The first-order chi connectivity index (χ1) is 11.1. The van der Waals surface area contributed by atoms with Crippen molar-refractivity contribution < 1.29 is 9.21 Å². The Kier molecular flexibility index (Phi) is 4.52. The molecule has 0 saturated heterocycles. The number of halogens is 1. The summed E-state index contributed by atoms with van der Waals surface area (Å²) in [6.07, 6.45) is 1.28. The molecular formula is C17H14BrN3O2. The number of hydrogen-bond acceptors (Lipinski definition) is 4. The summed E-state index contributed by atoms with van der Waals surface area (Å²) in [6, 6.07) is 15.0. The van der Waals surface area contributed by atoms with Gasteiger partial charge in [0.05, 0.1) is 0 Å². The largest absolute Gasteiger partial charge is 0.423 e. The summed E-state index contributed by atoms with van der Waals surface area (Å²) in [5.41, 5.74) is 2.48. The van der Waals surface area contributed by atoms with E-state index in [0.29, 0.717) is 18.0 Å². The fourth-order valence-electron chi connectivity index (χ4n) is 2.21. The fraction of sp³-hybridized carbons (Fsp3) is 0.118. The summed E-state index contributed by atoms with van der Waals surface area (Å²) in [7, 11) is 1.79. The zero-order valence-corrected chi connectivity index (χ0v) is 14.0. The Morgan fingerprint density at radius 3 is 2.43 bits per heavy atom. The first-order valence-corrected chi connectivity index (χ1v) is 7.79. The van der Waals surface area contributed by atoms with Crippen molar-refractivity contribution in [1.29, 1.82) is 0 Å². The highest BCUT2D eigenvalue weighted by Gasteiger charge is 2.13. The molecule has 23 heavy (non-hydrogen) atoms. The molecule has 0 aliphatic rings. The quantitative estimate of drug-likeness (QED) is 0.700. The lowest BCUT2D eigenvalue weighted by Crippen LogP contribution is -2.26. The van der Waals surface area contributed by atoms with E-state index in [0.717, 1.165) is 15.6 Å². The van der Waals surface area contributed by atoms with Crippen molar-refractivity contribution >= 4 is 21.8 Å². The van der Waals surface area contributed by atoms with Crippen LogP contribution in [0.2, 0.25) is 0 Å². The van der Waals surface area contributed by atoms with Crippen LogP contribution in [0.25, 0.3) is 11.5 Å². The van der Waals surface area contributed by atoms with E-state index >= 15 is 0 Å². The minimum Gasteiger partial charge on any atom is -0.423 e. The maximum absolute atomic E-state index is 12.5. The molecular weight excluding hydrogens is 358 g/mol. The highest BCUT2D eigenvalue weighted by atomic mass is 79.9. The second kappa shape index (κ2) is 6.75. The average molecular weight is 372 g/mol. The molecule has 0 saturated carbocycles. The van der Waals surface area contributed by atoms with Crippen molar-refractivity contribution in [3.05, 3.63) is 70.5 Å². The molecule has 3 aromatic rings. The molecule has 6 heteroatoms. The Labute approximate surface area is 142 Å². The molecule has 0 unspecified atom stereocenters. The Morgan fingerprint density at radius 2 is 1.83 bits per heavy atom. The van der Waals surface area contributed by atoms with Gasteiger partial charge in [0.2, 0.25) is 12.3 Å². The summed E-state index contributed by atoms with van der Waals surface area (Å²) >= 11 is 3.40. The predicted molar refractivity (Wildman–Crippen MR) is 89.7 cm³/mol. The average Bonchev–Trinajstić information content (AvgIpc) is 3.11. The van der Waals surface area contributed by atoms with Gasteiger partial charge in [-0.2, -0.15) is 0 Å². The third kappa shape index (κ3) is 3.65. The molecule has 0 aliphatic heterocycles. The minimum atomic E-state index is -0.0370. The predicted octanol–water partition coefficient (Wildman–Crippen LogP) is 3.77. The third-order valence-corrected chi connectivity index (χ3v) is 3.95. The number of benzene rings is 2. The van der Waals surface area contributed by atoms with Crippen LogP contribution < -0.4 is 0 Å². The summed E-state index contributed by atoms with van der Waals surface area (Å²) in [4.78, 5) is 14.2. The van der Waals surface area contributed by atoms with E-state index in [-0.39, 0.29) is 5.91 Å². The second-order valence-electron chi connectivity index (χ2n) is 5.11. The minimum absolute atomic E-state index is 0.0370. The van der Waals surface area contributed by atoms with Gasteiger partial charge in [-0.1, -0.05) is 28.1 Å². The molecule has 0 atom stereocenters. The van der Waals surface area contributed by atoms with Gasteiger partial charge in [0.15, 0.2) is 0 Å². The van der Waals surface area contributed by atoms with Gasteiger partial charge in [0.1, 0.15) is 0 Å². The van der Waals surface area contributed by atoms with E-state index in [1.807, 2.05) is 24.3 Å². The lowest BCUT2D eigenvalue weighted by Gasteiger charge is -2.17. The van der Waals surface area contributed by atoms with Crippen LogP contribution in [0.3, 0.4) is 0 Å². The summed E-state index contributed by atoms with van der Waals surface area (Å²) < 4.78 is 6.15. The first kappa shape index (κ1) is 15.4. The number of amides is 1. The third-order valence-electron chi connectivity index (χ3n) is 3.42. The summed E-state index contributed by atoms with van der Waals surface area (Å²) in [6.45, 7) is 0.553. The number of aromatic nitrogens is 2. The molecule has 1 heterocycles. The first-order valence-electron chi connectivity index (χ1n) is 7.00. The maximum Gasteiger partial charge on any atom is 0.253 e. The van der Waals surface area contributed by atoms with Gasteiger partial charge in [0.25, 0.3) is 5.91 Å². The van der Waals surface area contributed by atoms with E-state index in [2.05, 4.69) is 26.1 Å². The molecule has 1 aromatic heterocycles. The monoisotopic (exact) mass is 371 g/mol. The van der Waals surface area contributed by atoms with Crippen LogP contribution in [0.1, 0.15) is 15.9 Å². The maximum atomic E-state index is 12.5. The molecule has 2 aromatic carbocycles. The van der Waals surface area contributed by atoms with E-state index in [4.69, 9.17) is 4.42 Å². The van der Waals surface area contributed by atoms with Gasteiger partial charge in [-0.25, -0.2) is 0 Å². The molecule has 3 rings (SSSR count). The topological polar surface area (TPSA) is 59.2 Å². The van der Waals surface area contributed by atoms with E-state index in [1.54, 1.807) is 36.2 Å².